The molecule has 1 aromatic carbocycles. The van der Waals surface area contributed by atoms with Crippen LogP contribution in [0.2, 0.25) is 5.02 Å². The van der Waals surface area contributed by atoms with E-state index in [1.807, 2.05) is 24.3 Å². The van der Waals surface area contributed by atoms with Crippen molar-refractivity contribution in [3.8, 4) is 0 Å². The Hall–Kier alpha value is -1.16. The SMILES string of the molecule is NCCCCC(N)c1ccnc2cc(Cl)ccc12. The van der Waals surface area contributed by atoms with Crippen molar-refractivity contribution in [2.24, 2.45) is 11.5 Å². The van der Waals surface area contributed by atoms with E-state index in [0.29, 0.717) is 5.02 Å². The predicted molar refractivity (Wildman–Crippen MR) is 76.6 cm³/mol. The second-order valence-electron chi connectivity index (χ2n) is 4.45. The van der Waals surface area contributed by atoms with Gasteiger partial charge in [0.15, 0.2) is 0 Å². The van der Waals surface area contributed by atoms with Crippen LogP contribution in [0.3, 0.4) is 0 Å². The van der Waals surface area contributed by atoms with Crippen molar-refractivity contribution in [1.82, 2.24) is 4.98 Å². The number of unbranched alkanes of at least 4 members (excludes halogenated alkanes) is 1. The highest BCUT2D eigenvalue weighted by Gasteiger charge is 2.10. The summed E-state index contributed by atoms with van der Waals surface area (Å²) < 4.78 is 0. The number of nitrogens with two attached hydrogens (primary N) is 2. The second-order valence-corrected chi connectivity index (χ2v) is 4.89. The van der Waals surface area contributed by atoms with Crippen LogP contribution in [0.15, 0.2) is 30.5 Å². The molecule has 1 unspecified atom stereocenters. The van der Waals surface area contributed by atoms with Gasteiger partial charge in [0.05, 0.1) is 5.52 Å². The maximum absolute atomic E-state index is 6.24. The van der Waals surface area contributed by atoms with E-state index in [9.17, 15) is 0 Å². The molecule has 96 valence electrons. The number of benzene rings is 1. The van der Waals surface area contributed by atoms with Crippen LogP contribution >= 0.6 is 11.6 Å². The Balaban J connectivity index is 2.27. The summed E-state index contributed by atoms with van der Waals surface area (Å²) in [5.74, 6) is 0. The molecule has 2 rings (SSSR count). The summed E-state index contributed by atoms with van der Waals surface area (Å²) in [6.07, 6.45) is 4.80. The van der Waals surface area contributed by atoms with Crippen molar-refractivity contribution in [3.05, 3.63) is 41.0 Å². The Bertz CT molecular complexity index is 527. The molecule has 4 heteroatoms. The Labute approximate surface area is 112 Å². The van der Waals surface area contributed by atoms with Crippen LogP contribution in [-0.2, 0) is 0 Å². The third-order valence-corrected chi connectivity index (χ3v) is 3.34. The molecule has 0 aliphatic rings. The predicted octanol–water partition coefficient (Wildman–Crippen LogP) is 3.02. The van der Waals surface area contributed by atoms with Gasteiger partial charge in [-0.1, -0.05) is 24.1 Å². The first-order valence-corrected chi connectivity index (χ1v) is 6.60. The zero-order valence-electron chi connectivity index (χ0n) is 10.3. The number of nitrogens with zero attached hydrogens (tertiary/aromatic N) is 1. The van der Waals surface area contributed by atoms with Gasteiger partial charge in [-0.2, -0.15) is 0 Å². The molecule has 0 spiro atoms. The van der Waals surface area contributed by atoms with E-state index in [4.69, 9.17) is 23.1 Å². The quantitative estimate of drug-likeness (QED) is 0.815. The molecule has 0 radical (unpaired) electrons. The molecule has 0 saturated heterocycles. The summed E-state index contributed by atoms with van der Waals surface area (Å²) in [5, 5.41) is 1.78. The van der Waals surface area contributed by atoms with Crippen LogP contribution in [0.1, 0.15) is 30.9 Å². The number of fused-ring (bicyclic) bond motifs is 1. The third kappa shape index (κ3) is 2.99. The van der Waals surface area contributed by atoms with Gasteiger partial charge < -0.3 is 11.5 Å². The number of rotatable bonds is 5. The van der Waals surface area contributed by atoms with E-state index in [1.54, 1.807) is 6.20 Å². The maximum Gasteiger partial charge on any atom is 0.0720 e. The van der Waals surface area contributed by atoms with Gasteiger partial charge in [0.25, 0.3) is 0 Å². The van der Waals surface area contributed by atoms with Crippen LogP contribution < -0.4 is 11.5 Å². The maximum atomic E-state index is 6.24. The number of pyridine rings is 1. The summed E-state index contributed by atoms with van der Waals surface area (Å²) in [6, 6.07) is 7.75. The minimum Gasteiger partial charge on any atom is -0.330 e. The summed E-state index contributed by atoms with van der Waals surface area (Å²) in [6.45, 7) is 0.722. The molecule has 0 bridgehead atoms. The van der Waals surface area contributed by atoms with Gasteiger partial charge >= 0.3 is 0 Å². The first-order chi connectivity index (χ1) is 8.72. The standard InChI is InChI=1S/C14H18ClN3/c15-10-4-5-12-11(6-8-18-14(12)9-10)13(17)3-1-2-7-16/h4-6,8-9,13H,1-3,7,16-17H2. The fraction of sp³-hybridized carbons (Fsp3) is 0.357. The van der Waals surface area contributed by atoms with Gasteiger partial charge in [-0.15, -0.1) is 0 Å². The first-order valence-electron chi connectivity index (χ1n) is 6.22. The summed E-state index contributed by atoms with van der Waals surface area (Å²) >= 11 is 5.97. The van der Waals surface area contributed by atoms with Gasteiger partial charge in [-0.25, -0.2) is 0 Å². The molecule has 3 nitrogen and oxygen atoms in total. The van der Waals surface area contributed by atoms with E-state index in [0.717, 1.165) is 42.3 Å². The largest absolute Gasteiger partial charge is 0.330 e. The summed E-state index contributed by atoms with van der Waals surface area (Å²) in [5.41, 5.74) is 13.8. The van der Waals surface area contributed by atoms with E-state index in [2.05, 4.69) is 4.98 Å². The molecular formula is C14H18ClN3. The van der Waals surface area contributed by atoms with Crippen LogP contribution in [0, 0.1) is 0 Å². The van der Waals surface area contributed by atoms with E-state index in [1.165, 1.54) is 0 Å². The van der Waals surface area contributed by atoms with E-state index < -0.39 is 0 Å². The number of halogens is 1. The van der Waals surface area contributed by atoms with Crippen molar-refractivity contribution in [2.75, 3.05) is 6.54 Å². The topological polar surface area (TPSA) is 64.9 Å². The summed E-state index contributed by atoms with van der Waals surface area (Å²) in [4.78, 5) is 4.32. The highest BCUT2D eigenvalue weighted by atomic mass is 35.5. The normalized spacial score (nSPS) is 12.8. The lowest BCUT2D eigenvalue weighted by Gasteiger charge is -2.14. The monoisotopic (exact) mass is 263 g/mol. The minimum absolute atomic E-state index is 0.0308. The molecule has 1 aromatic heterocycles. The van der Waals surface area contributed by atoms with E-state index >= 15 is 0 Å². The highest BCUT2D eigenvalue weighted by Crippen LogP contribution is 2.26. The highest BCUT2D eigenvalue weighted by molar-refractivity contribution is 6.31. The molecule has 0 aliphatic carbocycles. The molecule has 1 heterocycles. The van der Waals surface area contributed by atoms with E-state index in [-0.39, 0.29) is 6.04 Å². The van der Waals surface area contributed by atoms with Crippen LogP contribution in [0.5, 0.6) is 0 Å². The number of aromatic nitrogens is 1. The van der Waals surface area contributed by atoms with Gasteiger partial charge in [0, 0.05) is 22.6 Å². The summed E-state index contributed by atoms with van der Waals surface area (Å²) in [7, 11) is 0. The second kappa shape index (κ2) is 6.14. The Morgan fingerprint density at radius 3 is 2.83 bits per heavy atom. The molecule has 2 aromatic rings. The average Bonchev–Trinajstić information content (AvgIpc) is 2.37. The Morgan fingerprint density at radius 2 is 2.06 bits per heavy atom. The third-order valence-electron chi connectivity index (χ3n) is 3.11. The first kappa shape index (κ1) is 13.3. The minimum atomic E-state index is 0.0308. The van der Waals surface area contributed by atoms with Gasteiger partial charge in [-0.05, 0) is 43.1 Å². The fourth-order valence-corrected chi connectivity index (χ4v) is 2.30. The van der Waals surface area contributed by atoms with Crippen molar-refractivity contribution in [1.29, 1.82) is 0 Å². The van der Waals surface area contributed by atoms with Gasteiger partial charge in [0.2, 0.25) is 0 Å². The lowest BCUT2D eigenvalue weighted by Crippen LogP contribution is -2.11. The van der Waals surface area contributed by atoms with Crippen molar-refractivity contribution in [3.63, 3.8) is 0 Å². The van der Waals surface area contributed by atoms with Gasteiger partial charge in [0.1, 0.15) is 0 Å². The van der Waals surface area contributed by atoms with Crippen LogP contribution in [-0.4, -0.2) is 11.5 Å². The molecule has 1 atom stereocenters. The Kier molecular flexibility index (Phi) is 4.53. The number of hydrogen-bond donors (Lipinski definition) is 2. The smallest absolute Gasteiger partial charge is 0.0720 e. The molecule has 0 amide bonds. The molecule has 0 aliphatic heterocycles. The number of hydrogen-bond acceptors (Lipinski definition) is 3. The average molecular weight is 264 g/mol. The zero-order valence-corrected chi connectivity index (χ0v) is 11.0. The molecule has 4 N–H and O–H groups in total. The molecule has 0 fully saturated rings. The van der Waals surface area contributed by atoms with Crippen molar-refractivity contribution >= 4 is 22.5 Å². The van der Waals surface area contributed by atoms with Gasteiger partial charge in [-0.3, -0.25) is 4.98 Å². The fourth-order valence-electron chi connectivity index (χ4n) is 2.13. The molecular weight excluding hydrogens is 246 g/mol. The molecule has 0 saturated carbocycles. The van der Waals surface area contributed by atoms with Crippen LogP contribution in [0.25, 0.3) is 10.9 Å². The lowest BCUT2D eigenvalue weighted by molar-refractivity contribution is 0.593. The van der Waals surface area contributed by atoms with Crippen molar-refractivity contribution in [2.45, 2.75) is 25.3 Å². The van der Waals surface area contributed by atoms with Crippen LogP contribution in [0.4, 0.5) is 0 Å². The molecule has 18 heavy (non-hydrogen) atoms. The Morgan fingerprint density at radius 1 is 1.22 bits per heavy atom. The zero-order chi connectivity index (χ0) is 13.0. The lowest BCUT2D eigenvalue weighted by atomic mass is 9.98. The van der Waals surface area contributed by atoms with Crippen molar-refractivity contribution < 1.29 is 0 Å².